The molecular weight excluding hydrogens is 779 g/mol. The largest absolute Gasteiger partial charge is 0.506 e. The van der Waals surface area contributed by atoms with Gasteiger partial charge in [0.15, 0.2) is 0 Å². The lowest BCUT2D eigenvalue weighted by Gasteiger charge is -2.34. The molecule has 0 saturated heterocycles. The van der Waals surface area contributed by atoms with Gasteiger partial charge in [-0.2, -0.15) is 0 Å². The Kier molecular flexibility index (Phi) is 15.2. The number of nitrogens with zero attached hydrogens (tertiary/aromatic N) is 1. The van der Waals surface area contributed by atoms with Crippen LogP contribution in [0.2, 0.25) is 0 Å². The predicted molar refractivity (Wildman–Crippen MR) is 246 cm³/mol. The zero-order chi connectivity index (χ0) is 43.3. The average Bonchev–Trinajstić information content (AvgIpc) is 3.28. The van der Waals surface area contributed by atoms with Crippen LogP contribution >= 0.6 is 0 Å². The highest BCUT2D eigenvalue weighted by Gasteiger charge is 2.26. The maximum Gasteiger partial charge on any atom is 0.411 e. The summed E-state index contributed by atoms with van der Waals surface area (Å²) in [7, 11) is 2.21. The number of phenols is 1. The fraction of sp³-hybridized carbons (Fsp3) is 0.314. The lowest BCUT2D eigenvalue weighted by atomic mass is 9.92. The summed E-state index contributed by atoms with van der Waals surface area (Å²) in [5.74, 6) is -0.139. The zero-order valence-electron chi connectivity index (χ0n) is 35.3. The molecule has 0 aliphatic heterocycles. The molecule has 0 radical (unpaired) electrons. The van der Waals surface area contributed by atoms with Gasteiger partial charge in [-0.1, -0.05) is 91.0 Å². The van der Waals surface area contributed by atoms with Crippen molar-refractivity contribution in [2.45, 2.75) is 82.6 Å². The van der Waals surface area contributed by atoms with Crippen LogP contribution in [0.15, 0.2) is 132 Å². The van der Waals surface area contributed by atoms with E-state index in [1.165, 1.54) is 17.7 Å². The summed E-state index contributed by atoms with van der Waals surface area (Å²) < 4.78 is 5.98. The van der Waals surface area contributed by atoms with Gasteiger partial charge in [-0.25, -0.2) is 4.79 Å². The molecule has 6 N–H and O–H groups in total. The highest BCUT2D eigenvalue weighted by Crippen LogP contribution is 2.32. The number of aliphatic hydroxyl groups is 1. The Balaban J connectivity index is 0.851. The van der Waals surface area contributed by atoms with Crippen molar-refractivity contribution in [1.29, 1.82) is 0 Å². The number of aliphatic hydroxyl groups excluding tert-OH is 1. The third-order valence-electron chi connectivity index (χ3n) is 11.8. The van der Waals surface area contributed by atoms with E-state index in [9.17, 15) is 24.6 Å². The molecule has 5 aromatic carbocycles. The first kappa shape index (κ1) is 43.8. The molecule has 0 unspecified atom stereocenters. The van der Waals surface area contributed by atoms with Crippen molar-refractivity contribution in [3.63, 3.8) is 0 Å². The predicted octanol–water partition coefficient (Wildman–Crippen LogP) is 9.11. The first-order valence-electron chi connectivity index (χ1n) is 21.7. The van der Waals surface area contributed by atoms with Crippen molar-refractivity contribution in [2.24, 2.45) is 0 Å². The number of aromatic amines is 1. The number of pyridine rings is 1. The van der Waals surface area contributed by atoms with E-state index in [4.69, 9.17) is 4.74 Å². The van der Waals surface area contributed by atoms with Crippen LogP contribution in [-0.4, -0.2) is 64.4 Å². The Morgan fingerprint density at radius 2 is 1.50 bits per heavy atom. The normalized spacial score (nSPS) is 15.6. The molecule has 322 valence electrons. The second kappa shape index (κ2) is 21.5. The maximum atomic E-state index is 13.3. The first-order chi connectivity index (χ1) is 30.2. The monoisotopic (exact) mass is 835 g/mol. The topological polar surface area (TPSA) is 156 Å². The molecule has 1 aromatic heterocycles. The summed E-state index contributed by atoms with van der Waals surface area (Å²) in [6, 6.07) is 40.8. The molecule has 1 atom stereocenters. The second-order valence-corrected chi connectivity index (χ2v) is 16.3. The fourth-order valence-electron chi connectivity index (χ4n) is 8.37. The summed E-state index contributed by atoms with van der Waals surface area (Å²) >= 11 is 0. The fourth-order valence-corrected chi connectivity index (χ4v) is 8.37. The Morgan fingerprint density at radius 3 is 2.26 bits per heavy atom. The number of amides is 2. The number of fused-ring (bicyclic) bond motifs is 1. The van der Waals surface area contributed by atoms with Crippen molar-refractivity contribution < 1.29 is 24.5 Å². The van der Waals surface area contributed by atoms with Gasteiger partial charge in [-0.3, -0.25) is 14.9 Å². The van der Waals surface area contributed by atoms with Crippen molar-refractivity contribution in [3.8, 4) is 16.9 Å². The number of anilines is 2. The molecule has 1 saturated carbocycles. The van der Waals surface area contributed by atoms with Crippen molar-refractivity contribution in [1.82, 2.24) is 15.2 Å². The molecule has 11 nitrogen and oxygen atoms in total. The smallest absolute Gasteiger partial charge is 0.411 e. The molecule has 7 rings (SSSR count). The number of aromatic hydroxyl groups is 1. The van der Waals surface area contributed by atoms with E-state index in [0.717, 1.165) is 67.3 Å². The van der Waals surface area contributed by atoms with Crippen molar-refractivity contribution in [2.75, 3.05) is 30.8 Å². The van der Waals surface area contributed by atoms with E-state index >= 15 is 0 Å². The second-order valence-electron chi connectivity index (χ2n) is 16.3. The Hall–Kier alpha value is -6.27. The highest BCUT2D eigenvalue weighted by atomic mass is 16.6. The first-order valence-corrected chi connectivity index (χ1v) is 21.7. The van der Waals surface area contributed by atoms with E-state index in [1.807, 2.05) is 66.7 Å². The standard InChI is InChI=1S/C51H57N5O6/c1-56(31-9-13-35-10-4-2-5-11-35)40-22-24-41(25-23-40)62-51(61)54-45-32-36(19-26-42(45)38-14-6-3-7-15-38)12-8-16-48(59)53-39-20-17-37(18-21-39)33-52-34-47(58)43-27-29-46(57)50-44(43)28-30-49(60)55-50/h2-7,10-11,14-15,17-21,26-30,32,40-41,47,52,57-58H,8-9,12-13,16,22-25,31,33-34H2,1H3,(H,53,59)(H,54,61)(H,55,60)/t40?,41?,47-/m0/s1. The van der Waals surface area contributed by atoms with Crippen LogP contribution in [0.1, 0.15) is 73.3 Å². The van der Waals surface area contributed by atoms with Gasteiger partial charge in [0.2, 0.25) is 11.5 Å². The SMILES string of the molecule is CN(CCCc1ccccc1)C1CCC(OC(=O)Nc2cc(CCCC(=O)Nc3ccc(CNC[C@H](O)c4ccc(O)c5[nH]c(=O)ccc45)cc3)ccc2-c2ccccc2)CC1. The van der Waals surface area contributed by atoms with Gasteiger partial charge in [0, 0.05) is 48.3 Å². The number of carbonyl (C=O) groups is 2. The molecule has 1 heterocycles. The van der Waals surface area contributed by atoms with Gasteiger partial charge in [0.05, 0.1) is 17.3 Å². The van der Waals surface area contributed by atoms with E-state index in [1.54, 1.807) is 12.1 Å². The molecule has 1 aliphatic rings. The van der Waals surface area contributed by atoms with Crippen LogP contribution in [0.4, 0.5) is 16.2 Å². The van der Waals surface area contributed by atoms with Gasteiger partial charge in [0.1, 0.15) is 11.9 Å². The zero-order valence-corrected chi connectivity index (χ0v) is 35.3. The minimum Gasteiger partial charge on any atom is -0.506 e. The molecule has 62 heavy (non-hydrogen) atoms. The number of H-pyrrole nitrogens is 1. The summed E-state index contributed by atoms with van der Waals surface area (Å²) in [4.78, 5) is 43.1. The van der Waals surface area contributed by atoms with Crippen LogP contribution in [0.5, 0.6) is 5.75 Å². The number of rotatable bonds is 18. The number of phenolic OH excluding ortho intramolecular Hbond substituents is 1. The number of hydrogen-bond acceptors (Lipinski definition) is 8. The van der Waals surface area contributed by atoms with Crippen LogP contribution in [0.3, 0.4) is 0 Å². The molecular formula is C51H57N5O6. The number of hydrogen-bond donors (Lipinski definition) is 6. The number of ether oxygens (including phenoxy) is 1. The number of aryl methyl sites for hydroxylation is 2. The van der Waals surface area contributed by atoms with Gasteiger partial charge in [-0.05, 0) is 123 Å². The summed E-state index contributed by atoms with van der Waals surface area (Å²) in [6.07, 6.45) is 6.07. The molecule has 11 heteroatoms. The number of benzene rings is 5. The lowest BCUT2D eigenvalue weighted by molar-refractivity contribution is -0.116. The quantitative estimate of drug-likeness (QED) is 0.0501. The summed E-state index contributed by atoms with van der Waals surface area (Å²) in [6.45, 7) is 1.79. The number of nitrogens with one attached hydrogen (secondary N) is 4. The van der Waals surface area contributed by atoms with Crippen LogP contribution < -0.4 is 21.5 Å². The minimum atomic E-state index is -0.863. The molecule has 2 amide bonds. The number of aromatic nitrogens is 1. The minimum absolute atomic E-state index is 0.0535. The molecule has 0 spiro atoms. The maximum absolute atomic E-state index is 13.3. The van der Waals surface area contributed by atoms with Crippen molar-refractivity contribution >= 4 is 34.3 Å². The molecule has 1 aliphatic carbocycles. The highest BCUT2D eigenvalue weighted by molar-refractivity contribution is 5.92. The van der Waals surface area contributed by atoms with Gasteiger partial charge < -0.3 is 35.5 Å². The lowest BCUT2D eigenvalue weighted by Crippen LogP contribution is -2.38. The van der Waals surface area contributed by atoms with E-state index < -0.39 is 12.2 Å². The van der Waals surface area contributed by atoms with Gasteiger partial charge in [-0.15, -0.1) is 0 Å². The molecule has 0 bridgehead atoms. The Bertz CT molecular complexity index is 2450. The summed E-state index contributed by atoms with van der Waals surface area (Å²) in [5.41, 5.74) is 7.20. The Labute approximate surface area is 363 Å². The van der Waals surface area contributed by atoms with Crippen LogP contribution in [0.25, 0.3) is 22.0 Å². The third-order valence-corrected chi connectivity index (χ3v) is 11.8. The molecule has 6 aromatic rings. The van der Waals surface area contributed by atoms with Crippen LogP contribution in [-0.2, 0) is 28.9 Å². The van der Waals surface area contributed by atoms with E-state index in [2.05, 4.69) is 69.3 Å². The Morgan fingerprint density at radius 1 is 0.790 bits per heavy atom. The number of carbonyl (C=O) groups excluding carboxylic acids is 2. The third kappa shape index (κ3) is 12.2. The summed E-state index contributed by atoms with van der Waals surface area (Å²) in [5, 5.41) is 30.9. The van der Waals surface area contributed by atoms with Gasteiger partial charge in [0.25, 0.3) is 0 Å². The van der Waals surface area contributed by atoms with E-state index in [0.29, 0.717) is 59.7 Å². The van der Waals surface area contributed by atoms with Crippen molar-refractivity contribution in [3.05, 3.63) is 160 Å². The van der Waals surface area contributed by atoms with Crippen LogP contribution in [0, 0.1) is 0 Å². The molecule has 1 fully saturated rings. The van der Waals surface area contributed by atoms with Gasteiger partial charge >= 0.3 is 6.09 Å². The average molecular weight is 836 g/mol. The van der Waals surface area contributed by atoms with E-state index in [-0.39, 0.29) is 29.9 Å².